The van der Waals surface area contributed by atoms with Gasteiger partial charge in [0, 0.05) is 10.0 Å². The minimum Gasteiger partial charge on any atom is -0.466 e. The van der Waals surface area contributed by atoms with Crippen molar-refractivity contribution >= 4 is 21.9 Å². The second kappa shape index (κ2) is 5.61. The Hall–Kier alpha value is -1.41. The van der Waals surface area contributed by atoms with Crippen LogP contribution in [0.3, 0.4) is 0 Å². The largest absolute Gasteiger partial charge is 0.466 e. The van der Waals surface area contributed by atoms with E-state index in [-0.39, 0.29) is 24.2 Å². The summed E-state index contributed by atoms with van der Waals surface area (Å²) in [5.41, 5.74) is 0.0676. The Labute approximate surface area is 101 Å². The lowest BCUT2D eigenvalue weighted by Crippen LogP contribution is -2.09. The third kappa shape index (κ3) is 3.04. The van der Waals surface area contributed by atoms with Crippen molar-refractivity contribution in [1.82, 2.24) is 0 Å². The van der Waals surface area contributed by atoms with Crippen LogP contribution in [0.5, 0.6) is 0 Å². The summed E-state index contributed by atoms with van der Waals surface area (Å²) in [6.07, 6.45) is -0.173. The second-order valence-corrected chi connectivity index (χ2v) is 3.94. The molecule has 0 bridgehead atoms. The molecule has 0 saturated carbocycles. The predicted octanol–water partition coefficient (Wildman–Crippen LogP) is 2.57. The van der Waals surface area contributed by atoms with Crippen molar-refractivity contribution in [2.24, 2.45) is 0 Å². The van der Waals surface area contributed by atoms with Crippen LogP contribution in [0.15, 0.2) is 16.6 Å². The Morgan fingerprint density at radius 2 is 2.31 bits per heavy atom. The van der Waals surface area contributed by atoms with Crippen LogP contribution < -0.4 is 0 Å². The molecule has 0 unspecified atom stereocenters. The molecule has 0 fully saturated rings. The van der Waals surface area contributed by atoms with Gasteiger partial charge in [-0.15, -0.1) is 0 Å². The molecule has 0 spiro atoms. The number of nitriles is 1. The summed E-state index contributed by atoms with van der Waals surface area (Å²) in [5, 5.41) is 8.68. The third-order valence-corrected chi connectivity index (χ3v) is 2.33. The number of esters is 1. The highest BCUT2D eigenvalue weighted by molar-refractivity contribution is 9.10. The lowest BCUT2D eigenvalue weighted by molar-refractivity contribution is -0.142. The first-order valence-electron chi connectivity index (χ1n) is 4.62. The number of carbonyl (C=O) groups excluding carboxylic acids is 1. The number of nitrogens with zero attached hydrogens (tertiary/aromatic N) is 1. The molecule has 84 valence electrons. The SMILES string of the molecule is CCOC(=O)Cc1cc(Br)cc(C#N)c1F. The van der Waals surface area contributed by atoms with Gasteiger partial charge in [0.05, 0.1) is 18.6 Å². The minimum atomic E-state index is -0.668. The predicted molar refractivity (Wildman–Crippen MR) is 59.2 cm³/mol. The van der Waals surface area contributed by atoms with E-state index >= 15 is 0 Å². The summed E-state index contributed by atoms with van der Waals surface area (Å²) in [7, 11) is 0. The Kier molecular flexibility index (Phi) is 4.44. The van der Waals surface area contributed by atoms with Gasteiger partial charge in [-0.2, -0.15) is 5.26 Å². The topological polar surface area (TPSA) is 50.1 Å². The lowest BCUT2D eigenvalue weighted by atomic mass is 10.1. The fourth-order valence-electron chi connectivity index (χ4n) is 1.22. The molecule has 0 aliphatic carbocycles. The van der Waals surface area contributed by atoms with E-state index in [9.17, 15) is 9.18 Å². The van der Waals surface area contributed by atoms with E-state index < -0.39 is 11.8 Å². The first kappa shape index (κ1) is 12.7. The Balaban J connectivity index is 3.01. The zero-order valence-electron chi connectivity index (χ0n) is 8.59. The summed E-state index contributed by atoms with van der Waals surface area (Å²) in [4.78, 5) is 11.2. The van der Waals surface area contributed by atoms with E-state index in [0.29, 0.717) is 4.47 Å². The summed E-state index contributed by atoms with van der Waals surface area (Å²) in [5.74, 6) is -1.18. The molecule has 0 N–H and O–H groups in total. The fraction of sp³-hybridized carbons (Fsp3) is 0.273. The Morgan fingerprint density at radius 1 is 1.62 bits per heavy atom. The van der Waals surface area contributed by atoms with Gasteiger partial charge in [0.1, 0.15) is 11.9 Å². The molecule has 1 rings (SSSR count). The Bertz CT molecular complexity index is 454. The molecule has 0 amide bonds. The lowest BCUT2D eigenvalue weighted by Gasteiger charge is -2.05. The van der Waals surface area contributed by atoms with E-state index in [1.165, 1.54) is 12.1 Å². The van der Waals surface area contributed by atoms with Gasteiger partial charge in [0.25, 0.3) is 0 Å². The van der Waals surface area contributed by atoms with Crippen molar-refractivity contribution in [3.63, 3.8) is 0 Å². The maximum atomic E-state index is 13.6. The summed E-state index contributed by atoms with van der Waals surface area (Å²) < 4.78 is 18.9. The van der Waals surface area contributed by atoms with Crippen molar-refractivity contribution in [3.8, 4) is 6.07 Å². The third-order valence-electron chi connectivity index (χ3n) is 1.87. The van der Waals surface area contributed by atoms with Crippen LogP contribution in [-0.4, -0.2) is 12.6 Å². The van der Waals surface area contributed by atoms with Crippen molar-refractivity contribution in [2.45, 2.75) is 13.3 Å². The van der Waals surface area contributed by atoms with Crippen molar-refractivity contribution in [2.75, 3.05) is 6.61 Å². The van der Waals surface area contributed by atoms with E-state index in [4.69, 9.17) is 10.00 Å². The van der Waals surface area contributed by atoms with Crippen LogP contribution in [0.2, 0.25) is 0 Å². The normalized spacial score (nSPS) is 9.62. The highest BCUT2D eigenvalue weighted by Crippen LogP contribution is 2.20. The van der Waals surface area contributed by atoms with Crippen molar-refractivity contribution < 1.29 is 13.9 Å². The van der Waals surface area contributed by atoms with Crippen molar-refractivity contribution in [3.05, 3.63) is 33.5 Å². The maximum absolute atomic E-state index is 13.6. The van der Waals surface area contributed by atoms with Gasteiger partial charge in [0.15, 0.2) is 0 Å². The average molecular weight is 286 g/mol. The van der Waals surface area contributed by atoms with Crippen LogP contribution >= 0.6 is 15.9 Å². The zero-order valence-corrected chi connectivity index (χ0v) is 10.2. The van der Waals surface area contributed by atoms with Gasteiger partial charge in [-0.25, -0.2) is 4.39 Å². The number of rotatable bonds is 3. The molecule has 1 aromatic rings. The number of hydrogen-bond acceptors (Lipinski definition) is 3. The molecule has 0 atom stereocenters. The highest BCUT2D eigenvalue weighted by Gasteiger charge is 2.13. The van der Waals surface area contributed by atoms with Gasteiger partial charge < -0.3 is 4.74 Å². The van der Waals surface area contributed by atoms with E-state index in [2.05, 4.69) is 15.9 Å². The Morgan fingerprint density at radius 3 is 2.88 bits per heavy atom. The molecule has 0 radical (unpaired) electrons. The van der Waals surface area contributed by atoms with Gasteiger partial charge in [-0.1, -0.05) is 15.9 Å². The van der Waals surface area contributed by atoms with Crippen LogP contribution in [0.4, 0.5) is 4.39 Å². The molecule has 0 aliphatic rings. The molecule has 0 heterocycles. The van der Waals surface area contributed by atoms with E-state index in [1.807, 2.05) is 0 Å². The van der Waals surface area contributed by atoms with Gasteiger partial charge in [-0.05, 0) is 19.1 Å². The summed E-state index contributed by atoms with van der Waals surface area (Å²) in [6, 6.07) is 4.56. The second-order valence-electron chi connectivity index (χ2n) is 3.02. The first-order chi connectivity index (χ1) is 7.58. The van der Waals surface area contributed by atoms with Crippen LogP contribution in [0.1, 0.15) is 18.1 Å². The molecular weight excluding hydrogens is 277 g/mol. The van der Waals surface area contributed by atoms with E-state index in [0.717, 1.165) is 0 Å². The summed E-state index contributed by atoms with van der Waals surface area (Å²) >= 11 is 3.15. The van der Waals surface area contributed by atoms with Crippen LogP contribution in [-0.2, 0) is 16.0 Å². The highest BCUT2D eigenvalue weighted by atomic mass is 79.9. The number of halogens is 2. The van der Waals surface area contributed by atoms with Crippen LogP contribution in [0.25, 0.3) is 0 Å². The molecule has 16 heavy (non-hydrogen) atoms. The maximum Gasteiger partial charge on any atom is 0.310 e. The van der Waals surface area contributed by atoms with Gasteiger partial charge in [-0.3, -0.25) is 4.79 Å². The minimum absolute atomic E-state index is 0.0892. The smallest absolute Gasteiger partial charge is 0.310 e. The molecule has 0 aromatic heterocycles. The number of hydrogen-bond donors (Lipinski definition) is 0. The quantitative estimate of drug-likeness (QED) is 0.802. The zero-order chi connectivity index (χ0) is 12.1. The van der Waals surface area contributed by atoms with E-state index in [1.54, 1.807) is 13.0 Å². The number of ether oxygens (including phenoxy) is 1. The molecule has 1 aromatic carbocycles. The molecule has 3 nitrogen and oxygen atoms in total. The molecule has 5 heteroatoms. The average Bonchev–Trinajstić information content (AvgIpc) is 2.23. The molecule has 0 aliphatic heterocycles. The fourth-order valence-corrected chi connectivity index (χ4v) is 1.73. The van der Waals surface area contributed by atoms with Gasteiger partial charge >= 0.3 is 5.97 Å². The number of benzene rings is 1. The van der Waals surface area contributed by atoms with Gasteiger partial charge in [0.2, 0.25) is 0 Å². The van der Waals surface area contributed by atoms with Crippen molar-refractivity contribution in [1.29, 1.82) is 5.26 Å². The number of carbonyl (C=O) groups is 1. The molecule has 0 saturated heterocycles. The standard InChI is InChI=1S/C11H9BrFNO2/c1-2-16-10(15)5-7-3-9(12)4-8(6-14)11(7)13/h3-4H,2,5H2,1H3. The monoisotopic (exact) mass is 285 g/mol. The summed E-state index contributed by atoms with van der Waals surface area (Å²) in [6.45, 7) is 1.93. The molecular formula is C11H9BrFNO2. The first-order valence-corrected chi connectivity index (χ1v) is 5.41. The van der Waals surface area contributed by atoms with Crippen LogP contribution in [0, 0.1) is 17.1 Å².